The highest BCUT2D eigenvalue weighted by molar-refractivity contribution is 6.05. The molecule has 0 aliphatic rings. The molecular formula is C16H14N2O2. The van der Waals surface area contributed by atoms with Crippen molar-refractivity contribution in [1.29, 1.82) is 0 Å². The molecule has 0 fully saturated rings. The number of pyridine rings is 1. The molecule has 4 nitrogen and oxygen atoms in total. The van der Waals surface area contributed by atoms with Gasteiger partial charge in [0.05, 0.1) is 12.7 Å². The molecule has 0 radical (unpaired) electrons. The standard InChI is InChI=1S/C16H14N2O2/c1-18-10-14(16(19)20-2)13-9-12(3-4-15(13)18)11-5-7-17-8-6-11/h3-10H,1-2H3. The van der Waals surface area contributed by atoms with Crippen LogP contribution in [0.2, 0.25) is 0 Å². The highest BCUT2D eigenvalue weighted by Gasteiger charge is 2.14. The Morgan fingerprint density at radius 1 is 1.15 bits per heavy atom. The largest absolute Gasteiger partial charge is 0.465 e. The van der Waals surface area contributed by atoms with Crippen molar-refractivity contribution in [2.24, 2.45) is 7.05 Å². The van der Waals surface area contributed by atoms with Gasteiger partial charge in [-0.1, -0.05) is 6.07 Å². The van der Waals surface area contributed by atoms with E-state index in [9.17, 15) is 4.79 Å². The van der Waals surface area contributed by atoms with Crippen molar-refractivity contribution in [3.05, 3.63) is 54.5 Å². The number of benzene rings is 1. The summed E-state index contributed by atoms with van der Waals surface area (Å²) < 4.78 is 6.77. The van der Waals surface area contributed by atoms with Crippen LogP contribution in [0.5, 0.6) is 0 Å². The van der Waals surface area contributed by atoms with Gasteiger partial charge < -0.3 is 9.30 Å². The maximum atomic E-state index is 11.8. The second kappa shape index (κ2) is 4.81. The molecule has 20 heavy (non-hydrogen) atoms. The molecule has 0 saturated heterocycles. The van der Waals surface area contributed by atoms with E-state index in [4.69, 9.17) is 4.74 Å². The average molecular weight is 266 g/mol. The summed E-state index contributed by atoms with van der Waals surface area (Å²) in [6.45, 7) is 0. The second-order valence-corrected chi connectivity index (χ2v) is 4.61. The number of rotatable bonds is 2. The van der Waals surface area contributed by atoms with E-state index in [1.165, 1.54) is 7.11 Å². The summed E-state index contributed by atoms with van der Waals surface area (Å²) in [5, 5.41) is 0.897. The zero-order chi connectivity index (χ0) is 14.1. The van der Waals surface area contributed by atoms with Crippen molar-refractivity contribution in [3.8, 4) is 11.1 Å². The Labute approximate surface area is 116 Å². The van der Waals surface area contributed by atoms with Crippen LogP contribution in [0.1, 0.15) is 10.4 Å². The predicted octanol–water partition coefficient (Wildman–Crippen LogP) is 3.03. The number of aromatic nitrogens is 2. The molecule has 3 aromatic rings. The van der Waals surface area contributed by atoms with Gasteiger partial charge in [-0.3, -0.25) is 4.98 Å². The number of fused-ring (bicyclic) bond motifs is 1. The molecule has 0 spiro atoms. The summed E-state index contributed by atoms with van der Waals surface area (Å²) in [5.41, 5.74) is 3.71. The molecule has 0 unspecified atom stereocenters. The van der Waals surface area contributed by atoms with Crippen molar-refractivity contribution < 1.29 is 9.53 Å². The van der Waals surface area contributed by atoms with Crippen LogP contribution in [0.25, 0.3) is 22.0 Å². The van der Waals surface area contributed by atoms with Crippen LogP contribution in [0.4, 0.5) is 0 Å². The number of aryl methyl sites for hydroxylation is 1. The molecule has 0 aliphatic carbocycles. The minimum atomic E-state index is -0.317. The Morgan fingerprint density at radius 3 is 2.60 bits per heavy atom. The number of hydrogen-bond acceptors (Lipinski definition) is 3. The monoisotopic (exact) mass is 266 g/mol. The Kier molecular flexibility index (Phi) is 2.99. The van der Waals surface area contributed by atoms with Gasteiger partial charge in [-0.2, -0.15) is 0 Å². The molecule has 0 saturated carbocycles. The maximum Gasteiger partial charge on any atom is 0.340 e. The maximum absolute atomic E-state index is 11.8. The van der Waals surface area contributed by atoms with E-state index >= 15 is 0 Å². The molecule has 2 heterocycles. The topological polar surface area (TPSA) is 44.1 Å². The summed E-state index contributed by atoms with van der Waals surface area (Å²) >= 11 is 0. The van der Waals surface area contributed by atoms with E-state index in [1.54, 1.807) is 18.6 Å². The van der Waals surface area contributed by atoms with Crippen LogP contribution in [-0.4, -0.2) is 22.6 Å². The van der Waals surface area contributed by atoms with Crippen LogP contribution < -0.4 is 0 Å². The minimum absolute atomic E-state index is 0.317. The van der Waals surface area contributed by atoms with Gasteiger partial charge in [0, 0.05) is 36.5 Å². The van der Waals surface area contributed by atoms with E-state index in [2.05, 4.69) is 4.98 Å². The average Bonchev–Trinajstić information content (AvgIpc) is 2.84. The zero-order valence-corrected chi connectivity index (χ0v) is 11.3. The summed E-state index contributed by atoms with van der Waals surface area (Å²) in [6, 6.07) is 9.96. The molecular weight excluding hydrogens is 252 g/mol. The van der Waals surface area contributed by atoms with Gasteiger partial charge in [-0.15, -0.1) is 0 Å². The SMILES string of the molecule is COC(=O)c1cn(C)c2ccc(-c3ccncc3)cc12. The highest BCUT2D eigenvalue weighted by atomic mass is 16.5. The quantitative estimate of drug-likeness (QED) is 0.670. The molecule has 0 N–H and O–H groups in total. The minimum Gasteiger partial charge on any atom is -0.465 e. The summed E-state index contributed by atoms with van der Waals surface area (Å²) in [4.78, 5) is 15.9. The van der Waals surface area contributed by atoms with Crippen molar-refractivity contribution in [2.45, 2.75) is 0 Å². The van der Waals surface area contributed by atoms with Gasteiger partial charge in [0.2, 0.25) is 0 Å². The molecule has 0 bridgehead atoms. The number of ether oxygens (including phenoxy) is 1. The first kappa shape index (κ1) is 12.4. The van der Waals surface area contributed by atoms with Crippen LogP contribution >= 0.6 is 0 Å². The Morgan fingerprint density at radius 2 is 1.90 bits per heavy atom. The zero-order valence-electron chi connectivity index (χ0n) is 11.3. The Hall–Kier alpha value is -2.62. The van der Waals surface area contributed by atoms with Gasteiger partial charge >= 0.3 is 5.97 Å². The number of carbonyl (C=O) groups excluding carboxylic acids is 1. The number of hydrogen-bond donors (Lipinski definition) is 0. The number of esters is 1. The van der Waals surface area contributed by atoms with E-state index in [-0.39, 0.29) is 5.97 Å². The fourth-order valence-corrected chi connectivity index (χ4v) is 2.39. The molecule has 2 aromatic heterocycles. The van der Waals surface area contributed by atoms with Crippen LogP contribution in [0, 0.1) is 0 Å². The van der Waals surface area contributed by atoms with Crippen molar-refractivity contribution in [3.63, 3.8) is 0 Å². The summed E-state index contributed by atoms with van der Waals surface area (Å²) in [6.07, 6.45) is 5.31. The van der Waals surface area contributed by atoms with E-state index in [0.717, 1.165) is 22.0 Å². The van der Waals surface area contributed by atoms with Crippen LogP contribution in [0.15, 0.2) is 48.9 Å². The molecule has 0 aliphatic heterocycles. The molecule has 1 aromatic carbocycles. The molecule has 0 amide bonds. The smallest absolute Gasteiger partial charge is 0.340 e. The third kappa shape index (κ3) is 1.95. The Bertz CT molecular complexity index is 776. The lowest BCUT2D eigenvalue weighted by molar-refractivity contribution is 0.0603. The van der Waals surface area contributed by atoms with Crippen LogP contribution in [0.3, 0.4) is 0 Å². The Balaban J connectivity index is 2.22. The molecule has 0 atom stereocenters. The molecule has 100 valence electrons. The first-order chi connectivity index (χ1) is 9.70. The second-order valence-electron chi connectivity index (χ2n) is 4.61. The predicted molar refractivity (Wildman–Crippen MR) is 77.5 cm³/mol. The van der Waals surface area contributed by atoms with Crippen molar-refractivity contribution in [2.75, 3.05) is 7.11 Å². The highest BCUT2D eigenvalue weighted by Crippen LogP contribution is 2.27. The summed E-state index contributed by atoms with van der Waals surface area (Å²) in [7, 11) is 3.31. The third-order valence-corrected chi connectivity index (χ3v) is 3.41. The van der Waals surface area contributed by atoms with E-state index in [1.807, 2.05) is 41.9 Å². The number of carbonyl (C=O) groups is 1. The molecule has 3 rings (SSSR count). The first-order valence-corrected chi connectivity index (χ1v) is 6.28. The van der Waals surface area contributed by atoms with E-state index < -0.39 is 0 Å². The van der Waals surface area contributed by atoms with Crippen molar-refractivity contribution in [1.82, 2.24) is 9.55 Å². The van der Waals surface area contributed by atoms with E-state index in [0.29, 0.717) is 5.56 Å². The third-order valence-electron chi connectivity index (χ3n) is 3.41. The lowest BCUT2D eigenvalue weighted by atomic mass is 10.0. The first-order valence-electron chi connectivity index (χ1n) is 6.28. The number of nitrogens with zero attached hydrogens (tertiary/aromatic N) is 2. The lowest BCUT2D eigenvalue weighted by Gasteiger charge is -2.03. The lowest BCUT2D eigenvalue weighted by Crippen LogP contribution is -1.99. The summed E-state index contributed by atoms with van der Waals surface area (Å²) in [5.74, 6) is -0.317. The number of methoxy groups -OCH3 is 1. The fraction of sp³-hybridized carbons (Fsp3) is 0.125. The molecule has 4 heteroatoms. The van der Waals surface area contributed by atoms with Gasteiger partial charge in [-0.25, -0.2) is 4.79 Å². The van der Waals surface area contributed by atoms with Crippen molar-refractivity contribution >= 4 is 16.9 Å². The van der Waals surface area contributed by atoms with Gasteiger partial charge in [0.25, 0.3) is 0 Å². The normalized spacial score (nSPS) is 10.7. The van der Waals surface area contributed by atoms with Gasteiger partial charge in [-0.05, 0) is 35.4 Å². The van der Waals surface area contributed by atoms with Gasteiger partial charge in [0.1, 0.15) is 0 Å². The van der Waals surface area contributed by atoms with Gasteiger partial charge in [0.15, 0.2) is 0 Å². The van der Waals surface area contributed by atoms with Crippen LogP contribution in [-0.2, 0) is 11.8 Å². The fourth-order valence-electron chi connectivity index (χ4n) is 2.39.